The van der Waals surface area contributed by atoms with Gasteiger partial charge in [-0.05, 0) is 45.6 Å². The Hall–Kier alpha value is -1.62. The lowest BCUT2D eigenvalue weighted by molar-refractivity contribution is 0.0691. The Kier molecular flexibility index (Phi) is 5.42. The molecule has 0 unspecified atom stereocenters. The molecule has 0 spiro atoms. The molecule has 0 amide bonds. The number of carboxylic acid groups (broad SMARTS) is 1. The molecule has 1 heterocycles. The summed E-state index contributed by atoms with van der Waals surface area (Å²) in [6.45, 7) is 1.81. The largest absolute Gasteiger partial charge is 0.476 e. The van der Waals surface area contributed by atoms with Gasteiger partial charge in [0, 0.05) is 12.7 Å². The van der Waals surface area contributed by atoms with Gasteiger partial charge in [-0.2, -0.15) is 0 Å². The highest BCUT2D eigenvalue weighted by Gasteiger charge is 2.09. The van der Waals surface area contributed by atoms with Gasteiger partial charge in [0.25, 0.3) is 0 Å². The summed E-state index contributed by atoms with van der Waals surface area (Å²) in [6, 6.07) is 3.47. The molecular weight excluding hydrogens is 218 g/mol. The Balaban J connectivity index is 2.39. The van der Waals surface area contributed by atoms with E-state index in [4.69, 9.17) is 5.11 Å². The number of hydrogen-bond acceptors (Lipinski definition) is 4. The maximum atomic E-state index is 10.9. The summed E-state index contributed by atoms with van der Waals surface area (Å²) in [5.41, 5.74) is 0.671. The minimum absolute atomic E-state index is 0.0834. The molecular formula is C12H19N3O2. The predicted molar refractivity (Wildman–Crippen MR) is 67.5 cm³/mol. The van der Waals surface area contributed by atoms with Crippen LogP contribution in [-0.2, 0) is 0 Å². The zero-order valence-corrected chi connectivity index (χ0v) is 10.3. The molecule has 0 aliphatic heterocycles. The van der Waals surface area contributed by atoms with Crippen LogP contribution in [0.3, 0.4) is 0 Å². The highest BCUT2D eigenvalue weighted by Crippen LogP contribution is 2.11. The topological polar surface area (TPSA) is 65.5 Å². The van der Waals surface area contributed by atoms with Crippen LogP contribution in [0.2, 0.25) is 0 Å². The van der Waals surface area contributed by atoms with Crippen molar-refractivity contribution in [3.63, 3.8) is 0 Å². The van der Waals surface area contributed by atoms with Crippen LogP contribution >= 0.6 is 0 Å². The summed E-state index contributed by atoms with van der Waals surface area (Å²) in [5.74, 6) is -0.999. The minimum atomic E-state index is -0.999. The Labute approximate surface area is 101 Å². The van der Waals surface area contributed by atoms with Gasteiger partial charge < -0.3 is 15.3 Å². The first-order valence-electron chi connectivity index (χ1n) is 5.68. The molecule has 5 heteroatoms. The number of carbonyl (C=O) groups is 1. The molecule has 0 aromatic carbocycles. The first-order valence-corrected chi connectivity index (χ1v) is 5.68. The summed E-state index contributed by atoms with van der Waals surface area (Å²) < 4.78 is 0. The Morgan fingerprint density at radius 2 is 2.24 bits per heavy atom. The van der Waals surface area contributed by atoms with E-state index in [0.29, 0.717) is 5.69 Å². The predicted octanol–water partition coefficient (Wildman–Crippen LogP) is 1.53. The molecule has 17 heavy (non-hydrogen) atoms. The number of aromatic carboxylic acids is 1. The van der Waals surface area contributed by atoms with Crippen LogP contribution in [0.5, 0.6) is 0 Å². The molecule has 0 saturated carbocycles. The van der Waals surface area contributed by atoms with E-state index in [1.807, 2.05) is 14.1 Å². The second-order valence-corrected chi connectivity index (χ2v) is 4.14. The first kappa shape index (κ1) is 13.4. The van der Waals surface area contributed by atoms with Crippen LogP contribution in [0.15, 0.2) is 18.3 Å². The first-order chi connectivity index (χ1) is 8.11. The maximum Gasteiger partial charge on any atom is 0.356 e. The van der Waals surface area contributed by atoms with Crippen molar-refractivity contribution in [3.05, 3.63) is 24.0 Å². The fourth-order valence-corrected chi connectivity index (χ4v) is 1.49. The molecule has 0 bridgehead atoms. The van der Waals surface area contributed by atoms with Gasteiger partial charge in [0.05, 0.1) is 5.69 Å². The van der Waals surface area contributed by atoms with Gasteiger partial charge in [0.2, 0.25) is 0 Å². The van der Waals surface area contributed by atoms with Gasteiger partial charge in [-0.15, -0.1) is 0 Å². The van der Waals surface area contributed by atoms with Gasteiger partial charge in [-0.3, -0.25) is 0 Å². The van der Waals surface area contributed by atoms with Gasteiger partial charge in [-0.25, -0.2) is 9.78 Å². The van der Waals surface area contributed by atoms with E-state index in [9.17, 15) is 4.79 Å². The monoisotopic (exact) mass is 237 g/mol. The highest BCUT2D eigenvalue weighted by molar-refractivity contribution is 5.91. The number of carboxylic acids is 1. The second kappa shape index (κ2) is 6.85. The molecule has 5 nitrogen and oxygen atoms in total. The van der Waals surface area contributed by atoms with Gasteiger partial charge >= 0.3 is 5.97 Å². The van der Waals surface area contributed by atoms with Crippen molar-refractivity contribution >= 4 is 11.7 Å². The molecule has 2 N–H and O–H groups in total. The van der Waals surface area contributed by atoms with E-state index in [1.54, 1.807) is 12.1 Å². The third-order valence-electron chi connectivity index (χ3n) is 2.36. The van der Waals surface area contributed by atoms with Crippen LogP contribution in [0.1, 0.15) is 23.3 Å². The molecule has 0 aliphatic carbocycles. The van der Waals surface area contributed by atoms with Crippen LogP contribution in [-0.4, -0.2) is 48.1 Å². The molecule has 0 fully saturated rings. The molecule has 0 aliphatic rings. The summed E-state index contributed by atoms with van der Waals surface area (Å²) in [4.78, 5) is 16.9. The van der Waals surface area contributed by atoms with Gasteiger partial charge in [0.1, 0.15) is 0 Å². The van der Waals surface area contributed by atoms with E-state index >= 15 is 0 Å². The zero-order chi connectivity index (χ0) is 12.7. The summed E-state index contributed by atoms with van der Waals surface area (Å²) >= 11 is 0. The minimum Gasteiger partial charge on any atom is -0.476 e. The number of hydrogen-bond donors (Lipinski definition) is 2. The molecule has 0 saturated heterocycles. The van der Waals surface area contributed by atoms with Crippen LogP contribution < -0.4 is 5.32 Å². The number of nitrogens with one attached hydrogen (secondary N) is 1. The highest BCUT2D eigenvalue weighted by atomic mass is 16.4. The normalized spacial score (nSPS) is 10.5. The lowest BCUT2D eigenvalue weighted by atomic mass is 10.2. The standard InChI is InChI=1S/C12H19N3O2/c1-15(2)9-4-3-7-13-10-6-5-8-14-11(10)12(16)17/h5-6,8,13H,3-4,7,9H2,1-2H3,(H,16,17). The van der Waals surface area contributed by atoms with Crippen molar-refractivity contribution in [2.75, 3.05) is 32.5 Å². The number of unbranched alkanes of at least 4 members (excludes halogenated alkanes) is 1. The second-order valence-electron chi connectivity index (χ2n) is 4.14. The summed E-state index contributed by atoms with van der Waals surface area (Å²) in [5, 5.41) is 12.0. The van der Waals surface area contributed by atoms with Crippen molar-refractivity contribution < 1.29 is 9.90 Å². The third-order valence-corrected chi connectivity index (χ3v) is 2.36. The number of nitrogens with zero attached hydrogens (tertiary/aromatic N) is 2. The van der Waals surface area contributed by atoms with Crippen LogP contribution in [0, 0.1) is 0 Å². The zero-order valence-electron chi connectivity index (χ0n) is 10.3. The quantitative estimate of drug-likeness (QED) is 0.704. The van der Waals surface area contributed by atoms with Crippen molar-refractivity contribution in [3.8, 4) is 0 Å². The smallest absolute Gasteiger partial charge is 0.356 e. The van der Waals surface area contributed by atoms with E-state index in [-0.39, 0.29) is 5.69 Å². The van der Waals surface area contributed by atoms with Gasteiger partial charge in [-0.1, -0.05) is 0 Å². The molecule has 0 radical (unpaired) electrons. The number of pyridine rings is 1. The molecule has 1 aromatic rings. The van der Waals surface area contributed by atoms with Crippen molar-refractivity contribution in [1.29, 1.82) is 0 Å². The SMILES string of the molecule is CN(C)CCCCNc1cccnc1C(=O)O. The van der Waals surface area contributed by atoms with E-state index < -0.39 is 5.97 Å². The van der Waals surface area contributed by atoms with Crippen LogP contribution in [0.4, 0.5) is 5.69 Å². The Morgan fingerprint density at radius 1 is 1.47 bits per heavy atom. The Bertz CT molecular complexity index is 367. The average Bonchev–Trinajstić information content (AvgIpc) is 2.28. The van der Waals surface area contributed by atoms with Crippen LogP contribution in [0.25, 0.3) is 0 Å². The summed E-state index contributed by atoms with van der Waals surface area (Å²) in [6.07, 6.45) is 3.58. The fraction of sp³-hybridized carbons (Fsp3) is 0.500. The number of rotatable bonds is 7. The summed E-state index contributed by atoms with van der Waals surface area (Å²) in [7, 11) is 4.08. The van der Waals surface area contributed by atoms with E-state index in [0.717, 1.165) is 25.9 Å². The molecule has 1 aromatic heterocycles. The lowest BCUT2D eigenvalue weighted by Crippen LogP contribution is -2.15. The number of anilines is 1. The third kappa shape index (κ3) is 4.82. The lowest BCUT2D eigenvalue weighted by Gasteiger charge is -2.10. The molecule has 0 atom stereocenters. The fourth-order valence-electron chi connectivity index (χ4n) is 1.49. The Morgan fingerprint density at radius 3 is 2.88 bits per heavy atom. The number of aromatic nitrogens is 1. The van der Waals surface area contributed by atoms with Crippen molar-refractivity contribution in [2.45, 2.75) is 12.8 Å². The maximum absolute atomic E-state index is 10.9. The van der Waals surface area contributed by atoms with Gasteiger partial charge in [0.15, 0.2) is 5.69 Å². The van der Waals surface area contributed by atoms with E-state index in [2.05, 4.69) is 15.2 Å². The molecule has 1 rings (SSSR count). The van der Waals surface area contributed by atoms with Crippen molar-refractivity contribution in [2.24, 2.45) is 0 Å². The van der Waals surface area contributed by atoms with E-state index in [1.165, 1.54) is 6.20 Å². The average molecular weight is 237 g/mol. The van der Waals surface area contributed by atoms with Crippen molar-refractivity contribution in [1.82, 2.24) is 9.88 Å². The molecule has 94 valence electrons.